The van der Waals surface area contributed by atoms with Crippen molar-refractivity contribution in [2.45, 2.75) is 24.5 Å². The summed E-state index contributed by atoms with van der Waals surface area (Å²) in [5.74, 6) is -0.329. The first kappa shape index (κ1) is 16.3. The number of rotatable bonds is 4. The molecule has 3 N–H and O–H groups in total. The first-order valence-corrected chi connectivity index (χ1v) is 7.70. The molecule has 1 aromatic carbocycles. The van der Waals surface area contributed by atoms with E-state index in [0.717, 1.165) is 0 Å². The smallest absolute Gasteiger partial charge is 0.251 e. The van der Waals surface area contributed by atoms with Gasteiger partial charge in [0.1, 0.15) is 17.8 Å². The van der Waals surface area contributed by atoms with Crippen molar-refractivity contribution in [3.63, 3.8) is 0 Å². The molecule has 8 nitrogen and oxygen atoms in total. The number of methoxy groups -OCH3 is 1. The zero-order chi connectivity index (χ0) is 17.3. The number of hydrogen-bond donors (Lipinski definition) is 3. The molecule has 2 fully saturated rings. The number of carbonyl (C=O) groups excluding carboxylic acids is 3. The molecule has 2 heterocycles. The van der Waals surface area contributed by atoms with Crippen molar-refractivity contribution in [2.75, 3.05) is 20.3 Å². The average Bonchev–Trinajstić information content (AvgIpc) is 3.02. The lowest BCUT2D eigenvalue weighted by Crippen LogP contribution is -2.62. The molecule has 0 spiro atoms. The summed E-state index contributed by atoms with van der Waals surface area (Å²) < 4.78 is 5.09. The molecule has 0 unspecified atom stereocenters. The number of aliphatic hydroxyl groups is 1. The number of aliphatic hydroxyl groups excluding tert-OH is 1. The molecular weight excluding hydrogens is 314 g/mol. The number of carbonyl (C=O) groups is 3. The van der Waals surface area contributed by atoms with E-state index in [2.05, 4.69) is 10.6 Å². The fourth-order valence-corrected chi connectivity index (χ4v) is 3.12. The molecule has 3 amide bonds. The predicted octanol–water partition coefficient (Wildman–Crippen LogP) is -1.11. The maximum absolute atomic E-state index is 12.3. The lowest BCUT2D eigenvalue weighted by Gasteiger charge is -2.33. The molecule has 2 aliphatic heterocycles. The molecule has 0 radical (unpaired) electrons. The second kappa shape index (κ2) is 6.48. The van der Waals surface area contributed by atoms with Gasteiger partial charge in [-0.05, 0) is 24.6 Å². The Morgan fingerprint density at radius 1 is 1.46 bits per heavy atom. The van der Waals surface area contributed by atoms with Gasteiger partial charge in [0, 0.05) is 18.2 Å². The minimum absolute atomic E-state index is 0.253. The van der Waals surface area contributed by atoms with Crippen LogP contribution >= 0.6 is 0 Å². The quantitative estimate of drug-likeness (QED) is 0.647. The van der Waals surface area contributed by atoms with E-state index >= 15 is 0 Å². The molecule has 8 heteroatoms. The third-order valence-electron chi connectivity index (χ3n) is 4.35. The maximum Gasteiger partial charge on any atom is 0.251 e. The molecule has 0 saturated carbocycles. The zero-order valence-corrected chi connectivity index (χ0v) is 13.2. The summed E-state index contributed by atoms with van der Waals surface area (Å²) in [5, 5.41) is 14.5. The van der Waals surface area contributed by atoms with Gasteiger partial charge in [0.15, 0.2) is 0 Å². The highest BCUT2D eigenvalue weighted by molar-refractivity contribution is 5.98. The van der Waals surface area contributed by atoms with Gasteiger partial charge in [0.05, 0.1) is 13.7 Å². The van der Waals surface area contributed by atoms with Crippen molar-refractivity contribution in [3.8, 4) is 5.75 Å². The molecule has 2 saturated heterocycles. The Morgan fingerprint density at radius 3 is 2.96 bits per heavy atom. The van der Waals surface area contributed by atoms with Gasteiger partial charge in [-0.1, -0.05) is 6.07 Å². The van der Waals surface area contributed by atoms with Crippen molar-refractivity contribution in [2.24, 2.45) is 0 Å². The number of nitrogens with one attached hydrogen (secondary N) is 2. The fraction of sp³-hybridized carbons (Fsp3) is 0.438. The van der Waals surface area contributed by atoms with Crippen LogP contribution < -0.4 is 15.4 Å². The number of benzene rings is 1. The summed E-state index contributed by atoms with van der Waals surface area (Å²) in [6, 6.07) is 4.93. The van der Waals surface area contributed by atoms with Crippen LogP contribution in [0.4, 0.5) is 0 Å². The lowest BCUT2D eigenvalue weighted by atomic mass is 10.1. The van der Waals surface area contributed by atoms with Crippen LogP contribution in [0, 0.1) is 0 Å². The summed E-state index contributed by atoms with van der Waals surface area (Å²) in [6.45, 7) is -0.183. The maximum atomic E-state index is 12.3. The van der Waals surface area contributed by atoms with E-state index in [1.54, 1.807) is 24.3 Å². The van der Waals surface area contributed by atoms with E-state index < -0.39 is 18.7 Å². The van der Waals surface area contributed by atoms with Gasteiger partial charge >= 0.3 is 0 Å². The van der Waals surface area contributed by atoms with Gasteiger partial charge in [-0.15, -0.1) is 0 Å². The van der Waals surface area contributed by atoms with Crippen LogP contribution in [0.15, 0.2) is 24.3 Å². The van der Waals surface area contributed by atoms with E-state index in [4.69, 9.17) is 9.84 Å². The molecule has 0 aromatic heterocycles. The van der Waals surface area contributed by atoms with E-state index in [1.165, 1.54) is 12.0 Å². The molecule has 1 aromatic rings. The van der Waals surface area contributed by atoms with Gasteiger partial charge in [0.2, 0.25) is 11.8 Å². The van der Waals surface area contributed by atoms with Gasteiger partial charge in [-0.25, -0.2) is 0 Å². The van der Waals surface area contributed by atoms with E-state index in [0.29, 0.717) is 17.7 Å². The van der Waals surface area contributed by atoms with Gasteiger partial charge in [0.25, 0.3) is 5.91 Å². The number of amides is 3. The van der Waals surface area contributed by atoms with Gasteiger partial charge in [-0.3, -0.25) is 14.4 Å². The monoisotopic (exact) mass is 333 g/mol. The molecule has 128 valence electrons. The summed E-state index contributed by atoms with van der Waals surface area (Å²) in [7, 11) is 1.52. The first-order chi connectivity index (χ1) is 11.5. The fourth-order valence-electron chi connectivity index (χ4n) is 3.12. The van der Waals surface area contributed by atoms with Crippen LogP contribution in [-0.4, -0.2) is 66.1 Å². The SMILES string of the molecule is COc1cccc(C(=O)N[C@H]2C[C@H]3C(=O)N[C@H](CO)C(=O)N3C2)c1. The lowest BCUT2D eigenvalue weighted by molar-refractivity contribution is -0.148. The van der Waals surface area contributed by atoms with Crippen molar-refractivity contribution < 1.29 is 24.2 Å². The van der Waals surface area contributed by atoms with Crippen LogP contribution in [0.3, 0.4) is 0 Å². The Kier molecular flexibility index (Phi) is 4.39. The first-order valence-electron chi connectivity index (χ1n) is 7.70. The van der Waals surface area contributed by atoms with E-state index in [9.17, 15) is 14.4 Å². The normalized spacial score (nSPS) is 25.9. The second-order valence-corrected chi connectivity index (χ2v) is 5.89. The van der Waals surface area contributed by atoms with Crippen molar-refractivity contribution >= 4 is 17.7 Å². The molecule has 0 aliphatic carbocycles. The zero-order valence-electron chi connectivity index (χ0n) is 13.2. The van der Waals surface area contributed by atoms with Crippen LogP contribution in [0.5, 0.6) is 5.75 Å². The van der Waals surface area contributed by atoms with E-state index in [-0.39, 0.29) is 30.3 Å². The number of nitrogens with zero attached hydrogens (tertiary/aromatic N) is 1. The summed E-state index contributed by atoms with van der Waals surface area (Å²) in [6.07, 6.45) is 0.353. The van der Waals surface area contributed by atoms with Crippen LogP contribution in [0.1, 0.15) is 16.8 Å². The molecule has 3 rings (SSSR count). The molecular formula is C16H19N3O5. The number of ether oxygens (including phenoxy) is 1. The highest BCUT2D eigenvalue weighted by Crippen LogP contribution is 2.23. The average molecular weight is 333 g/mol. The molecule has 2 aliphatic rings. The largest absolute Gasteiger partial charge is 0.497 e. The molecule has 3 atom stereocenters. The van der Waals surface area contributed by atoms with Gasteiger partial charge < -0.3 is 25.4 Å². The van der Waals surface area contributed by atoms with E-state index in [1.807, 2.05) is 0 Å². The Morgan fingerprint density at radius 2 is 2.25 bits per heavy atom. The van der Waals surface area contributed by atoms with Crippen LogP contribution in [0.2, 0.25) is 0 Å². The van der Waals surface area contributed by atoms with Crippen LogP contribution in [-0.2, 0) is 9.59 Å². The number of fused-ring (bicyclic) bond motifs is 1. The standard InChI is InChI=1S/C16H19N3O5/c1-24-11-4-2-3-9(5-11)14(21)17-10-6-13-15(22)18-12(8-20)16(23)19(13)7-10/h2-5,10,12-13,20H,6-8H2,1H3,(H,17,21)(H,18,22)/t10-,12+,13-/m0/s1. The molecule has 24 heavy (non-hydrogen) atoms. The highest BCUT2D eigenvalue weighted by Gasteiger charge is 2.46. The van der Waals surface area contributed by atoms with Gasteiger partial charge in [-0.2, -0.15) is 0 Å². The number of piperazine rings is 1. The summed E-state index contributed by atoms with van der Waals surface area (Å²) in [4.78, 5) is 38.0. The third kappa shape index (κ3) is 2.92. The number of hydrogen-bond acceptors (Lipinski definition) is 5. The Bertz CT molecular complexity index is 677. The topological polar surface area (TPSA) is 108 Å². The van der Waals surface area contributed by atoms with Crippen LogP contribution in [0.25, 0.3) is 0 Å². The van der Waals surface area contributed by atoms with Crippen molar-refractivity contribution in [3.05, 3.63) is 29.8 Å². The summed E-state index contributed by atoms with van der Waals surface area (Å²) in [5.41, 5.74) is 0.447. The van der Waals surface area contributed by atoms with Crippen molar-refractivity contribution in [1.82, 2.24) is 15.5 Å². The highest BCUT2D eigenvalue weighted by atomic mass is 16.5. The minimum Gasteiger partial charge on any atom is -0.497 e. The Labute approximate surface area is 138 Å². The molecule has 0 bridgehead atoms. The summed E-state index contributed by atoms with van der Waals surface area (Å²) >= 11 is 0. The Hall–Kier alpha value is -2.61. The Balaban J connectivity index is 1.68. The second-order valence-electron chi connectivity index (χ2n) is 5.89. The van der Waals surface area contributed by atoms with Crippen molar-refractivity contribution in [1.29, 1.82) is 0 Å². The predicted molar refractivity (Wildman–Crippen MR) is 83.4 cm³/mol. The third-order valence-corrected chi connectivity index (χ3v) is 4.35. The minimum atomic E-state index is -0.901.